The fourth-order valence-electron chi connectivity index (χ4n) is 2.88. The van der Waals surface area contributed by atoms with E-state index in [1.807, 2.05) is 48.5 Å². The molecule has 4 rings (SSSR count). The van der Waals surface area contributed by atoms with Crippen molar-refractivity contribution in [3.05, 3.63) is 60.6 Å². The molecule has 1 saturated heterocycles. The Labute approximate surface area is 151 Å². The molecule has 0 atom stereocenters. The highest BCUT2D eigenvalue weighted by Gasteiger charge is 2.28. The number of aryl methyl sites for hydroxylation is 1. The molecule has 1 aliphatic heterocycles. The SMILES string of the molecule is O=C(CCc1nc(-c2ccccc2)no1)NC1CN(c2ccccn2)C1. The molecule has 26 heavy (non-hydrogen) atoms. The van der Waals surface area contributed by atoms with E-state index in [-0.39, 0.29) is 11.9 Å². The Kier molecular flexibility index (Phi) is 4.59. The molecule has 7 nitrogen and oxygen atoms in total. The summed E-state index contributed by atoms with van der Waals surface area (Å²) >= 11 is 0. The summed E-state index contributed by atoms with van der Waals surface area (Å²) in [6, 6.07) is 15.6. The third kappa shape index (κ3) is 3.72. The molecule has 132 valence electrons. The van der Waals surface area contributed by atoms with Gasteiger partial charge < -0.3 is 14.7 Å². The van der Waals surface area contributed by atoms with Gasteiger partial charge in [-0.15, -0.1) is 0 Å². The van der Waals surface area contributed by atoms with Crippen molar-refractivity contribution in [2.45, 2.75) is 18.9 Å². The maximum absolute atomic E-state index is 12.1. The van der Waals surface area contributed by atoms with Gasteiger partial charge in [-0.1, -0.05) is 41.6 Å². The van der Waals surface area contributed by atoms with Gasteiger partial charge in [-0.2, -0.15) is 4.98 Å². The van der Waals surface area contributed by atoms with E-state index < -0.39 is 0 Å². The Morgan fingerprint density at radius 1 is 1.15 bits per heavy atom. The molecule has 1 aromatic carbocycles. The zero-order chi connectivity index (χ0) is 17.8. The average Bonchev–Trinajstić information content (AvgIpc) is 3.13. The van der Waals surface area contributed by atoms with Gasteiger partial charge in [-0.3, -0.25) is 4.79 Å². The van der Waals surface area contributed by atoms with Gasteiger partial charge >= 0.3 is 0 Å². The van der Waals surface area contributed by atoms with Crippen LogP contribution >= 0.6 is 0 Å². The second-order valence-corrected chi connectivity index (χ2v) is 6.24. The predicted molar refractivity (Wildman–Crippen MR) is 96.4 cm³/mol. The molecule has 0 aliphatic carbocycles. The summed E-state index contributed by atoms with van der Waals surface area (Å²) < 4.78 is 5.23. The largest absolute Gasteiger partial charge is 0.352 e. The zero-order valence-electron chi connectivity index (χ0n) is 14.2. The zero-order valence-corrected chi connectivity index (χ0v) is 14.2. The monoisotopic (exact) mass is 349 g/mol. The lowest BCUT2D eigenvalue weighted by molar-refractivity contribution is -0.122. The first-order valence-electron chi connectivity index (χ1n) is 8.61. The van der Waals surface area contributed by atoms with E-state index in [0.717, 1.165) is 24.5 Å². The van der Waals surface area contributed by atoms with Gasteiger partial charge in [0.05, 0.1) is 6.04 Å². The van der Waals surface area contributed by atoms with Gasteiger partial charge in [0.25, 0.3) is 0 Å². The molecular weight excluding hydrogens is 330 g/mol. The number of aromatic nitrogens is 3. The van der Waals surface area contributed by atoms with Gasteiger partial charge in [-0.05, 0) is 12.1 Å². The van der Waals surface area contributed by atoms with Gasteiger partial charge in [0.15, 0.2) is 0 Å². The highest BCUT2D eigenvalue weighted by molar-refractivity contribution is 5.76. The standard InChI is InChI=1S/C19H19N5O2/c25-17(21-15-12-24(13-15)16-8-4-5-11-20-16)9-10-18-22-19(23-26-18)14-6-2-1-3-7-14/h1-8,11,15H,9-10,12-13H2,(H,21,25). The number of benzene rings is 1. The molecule has 3 heterocycles. The van der Waals surface area contributed by atoms with E-state index in [1.165, 1.54) is 0 Å². The first-order valence-corrected chi connectivity index (χ1v) is 8.61. The number of carbonyl (C=O) groups excluding carboxylic acids is 1. The van der Waals surface area contributed by atoms with Crippen LogP contribution in [0.3, 0.4) is 0 Å². The van der Waals surface area contributed by atoms with Crippen molar-refractivity contribution in [1.82, 2.24) is 20.4 Å². The molecule has 0 radical (unpaired) electrons. The van der Waals surface area contributed by atoms with Crippen molar-refractivity contribution in [3.8, 4) is 11.4 Å². The maximum Gasteiger partial charge on any atom is 0.227 e. The molecule has 0 unspecified atom stereocenters. The summed E-state index contributed by atoms with van der Waals surface area (Å²) in [5.41, 5.74) is 0.899. The fraction of sp³-hybridized carbons (Fsp3) is 0.263. The number of nitrogens with zero attached hydrogens (tertiary/aromatic N) is 4. The minimum Gasteiger partial charge on any atom is -0.352 e. The van der Waals surface area contributed by atoms with E-state index in [0.29, 0.717) is 24.6 Å². The summed E-state index contributed by atoms with van der Waals surface area (Å²) in [5, 5.41) is 6.99. The molecule has 1 N–H and O–H groups in total. The van der Waals surface area contributed by atoms with E-state index >= 15 is 0 Å². The van der Waals surface area contributed by atoms with Crippen LogP contribution in [0.4, 0.5) is 5.82 Å². The van der Waals surface area contributed by atoms with Crippen LogP contribution in [-0.2, 0) is 11.2 Å². The molecule has 2 aromatic heterocycles. The van der Waals surface area contributed by atoms with Crippen molar-refractivity contribution in [2.75, 3.05) is 18.0 Å². The topological polar surface area (TPSA) is 84.1 Å². The molecular formula is C19H19N5O2. The van der Waals surface area contributed by atoms with Crippen molar-refractivity contribution < 1.29 is 9.32 Å². The quantitative estimate of drug-likeness (QED) is 0.733. The van der Waals surface area contributed by atoms with E-state index in [2.05, 4.69) is 25.3 Å². The summed E-state index contributed by atoms with van der Waals surface area (Å²) in [4.78, 5) is 22.9. The number of pyridine rings is 1. The lowest BCUT2D eigenvalue weighted by atomic mass is 10.1. The van der Waals surface area contributed by atoms with Gasteiger partial charge in [0.2, 0.25) is 17.6 Å². The Bertz CT molecular complexity index is 860. The molecule has 0 saturated carbocycles. The molecule has 7 heteroatoms. The summed E-state index contributed by atoms with van der Waals surface area (Å²) in [7, 11) is 0. The summed E-state index contributed by atoms with van der Waals surface area (Å²) in [6.07, 6.45) is 2.54. The van der Waals surface area contributed by atoms with Crippen LogP contribution in [0.5, 0.6) is 0 Å². The Hall–Kier alpha value is -3.22. The fourth-order valence-corrected chi connectivity index (χ4v) is 2.88. The number of rotatable bonds is 6. The van der Waals surface area contributed by atoms with Crippen LogP contribution < -0.4 is 10.2 Å². The van der Waals surface area contributed by atoms with Gasteiger partial charge in [-0.25, -0.2) is 4.98 Å². The lowest BCUT2D eigenvalue weighted by Gasteiger charge is -2.40. The average molecular weight is 349 g/mol. The van der Waals surface area contributed by atoms with Crippen molar-refractivity contribution in [2.24, 2.45) is 0 Å². The third-order valence-corrected chi connectivity index (χ3v) is 4.29. The van der Waals surface area contributed by atoms with E-state index in [4.69, 9.17) is 4.52 Å². The normalized spacial score (nSPS) is 14.1. The Balaban J connectivity index is 1.22. The van der Waals surface area contributed by atoms with Crippen molar-refractivity contribution >= 4 is 11.7 Å². The number of anilines is 1. The maximum atomic E-state index is 12.1. The smallest absolute Gasteiger partial charge is 0.227 e. The lowest BCUT2D eigenvalue weighted by Crippen LogP contribution is -2.59. The van der Waals surface area contributed by atoms with E-state index in [9.17, 15) is 4.79 Å². The number of carbonyl (C=O) groups is 1. The van der Waals surface area contributed by atoms with Gasteiger partial charge in [0, 0.05) is 37.7 Å². The molecule has 1 amide bonds. The van der Waals surface area contributed by atoms with Crippen LogP contribution in [0.1, 0.15) is 12.3 Å². The first-order chi connectivity index (χ1) is 12.8. The molecule has 0 bridgehead atoms. The molecule has 0 spiro atoms. The Morgan fingerprint density at radius 2 is 1.96 bits per heavy atom. The number of nitrogens with one attached hydrogen (secondary N) is 1. The van der Waals surface area contributed by atoms with Crippen molar-refractivity contribution in [3.63, 3.8) is 0 Å². The van der Waals surface area contributed by atoms with Crippen LogP contribution in [-0.4, -0.2) is 40.2 Å². The highest BCUT2D eigenvalue weighted by atomic mass is 16.5. The second-order valence-electron chi connectivity index (χ2n) is 6.24. The first kappa shape index (κ1) is 16.3. The minimum absolute atomic E-state index is 0.00451. The highest BCUT2D eigenvalue weighted by Crippen LogP contribution is 2.18. The predicted octanol–water partition coefficient (Wildman–Crippen LogP) is 2.07. The molecule has 3 aromatic rings. The summed E-state index contributed by atoms with van der Waals surface area (Å²) in [5.74, 6) is 1.96. The van der Waals surface area contributed by atoms with Crippen LogP contribution in [0.25, 0.3) is 11.4 Å². The summed E-state index contributed by atoms with van der Waals surface area (Å²) in [6.45, 7) is 1.56. The van der Waals surface area contributed by atoms with E-state index in [1.54, 1.807) is 6.20 Å². The van der Waals surface area contributed by atoms with Crippen LogP contribution in [0.2, 0.25) is 0 Å². The second kappa shape index (κ2) is 7.35. The van der Waals surface area contributed by atoms with Gasteiger partial charge in [0.1, 0.15) is 5.82 Å². The van der Waals surface area contributed by atoms with Crippen LogP contribution in [0, 0.1) is 0 Å². The van der Waals surface area contributed by atoms with Crippen molar-refractivity contribution in [1.29, 1.82) is 0 Å². The number of hydrogen-bond donors (Lipinski definition) is 1. The van der Waals surface area contributed by atoms with Crippen LogP contribution in [0.15, 0.2) is 59.3 Å². The Morgan fingerprint density at radius 3 is 2.73 bits per heavy atom. The minimum atomic E-state index is -0.00451. The number of hydrogen-bond acceptors (Lipinski definition) is 6. The molecule has 1 aliphatic rings. The number of amides is 1. The third-order valence-electron chi connectivity index (χ3n) is 4.29. The molecule has 1 fully saturated rings.